The van der Waals surface area contributed by atoms with Gasteiger partial charge in [0.05, 0.1) is 16.7 Å². The minimum atomic E-state index is -3.31. The van der Waals surface area contributed by atoms with Crippen molar-refractivity contribution in [3.8, 4) is 0 Å². The van der Waals surface area contributed by atoms with Gasteiger partial charge in [-0.3, -0.25) is 4.79 Å². The van der Waals surface area contributed by atoms with Gasteiger partial charge >= 0.3 is 0 Å². The van der Waals surface area contributed by atoms with Crippen molar-refractivity contribution in [3.63, 3.8) is 0 Å². The molecule has 1 aliphatic heterocycles. The number of benzene rings is 2. The molecule has 5 heteroatoms. The van der Waals surface area contributed by atoms with E-state index in [1.807, 2.05) is 18.2 Å². The van der Waals surface area contributed by atoms with Crippen LogP contribution in [0.25, 0.3) is 0 Å². The Morgan fingerprint density at radius 1 is 1.00 bits per heavy atom. The van der Waals surface area contributed by atoms with Crippen molar-refractivity contribution in [1.29, 1.82) is 0 Å². The summed E-state index contributed by atoms with van der Waals surface area (Å²) in [5.41, 5.74) is 3.86. The first-order chi connectivity index (χ1) is 11.5. The fourth-order valence-corrected chi connectivity index (χ4v) is 5.42. The molecule has 0 saturated heterocycles. The summed E-state index contributed by atoms with van der Waals surface area (Å²) in [5, 5.41) is 2.90. The molecule has 4 nitrogen and oxygen atoms in total. The lowest BCUT2D eigenvalue weighted by molar-refractivity contribution is 0.0940. The van der Waals surface area contributed by atoms with Crippen molar-refractivity contribution < 1.29 is 13.2 Å². The number of nitrogens with one attached hydrogen (secondary N) is 1. The van der Waals surface area contributed by atoms with E-state index >= 15 is 0 Å². The molecule has 0 bridgehead atoms. The topological polar surface area (TPSA) is 63.2 Å². The number of aryl methyl sites for hydroxylation is 2. The van der Waals surface area contributed by atoms with E-state index in [1.54, 1.807) is 24.3 Å². The van der Waals surface area contributed by atoms with Crippen molar-refractivity contribution in [2.75, 3.05) is 5.75 Å². The molecule has 1 heterocycles. The monoisotopic (exact) mass is 341 g/mol. The average molecular weight is 341 g/mol. The first-order valence-corrected chi connectivity index (χ1v) is 9.94. The molecule has 2 aromatic carbocycles. The van der Waals surface area contributed by atoms with Gasteiger partial charge < -0.3 is 5.32 Å². The van der Waals surface area contributed by atoms with Crippen LogP contribution in [0.1, 0.15) is 45.9 Å². The van der Waals surface area contributed by atoms with Gasteiger partial charge in [-0.05, 0) is 60.6 Å². The third kappa shape index (κ3) is 2.63. The van der Waals surface area contributed by atoms with Crippen LogP contribution >= 0.6 is 0 Å². The number of rotatable bonds is 2. The van der Waals surface area contributed by atoms with Gasteiger partial charge in [-0.2, -0.15) is 0 Å². The molecule has 1 amide bonds. The Hall–Kier alpha value is -2.14. The minimum Gasteiger partial charge on any atom is -0.344 e. The highest BCUT2D eigenvalue weighted by atomic mass is 32.2. The number of sulfone groups is 1. The maximum absolute atomic E-state index is 12.6. The van der Waals surface area contributed by atoms with E-state index in [4.69, 9.17) is 0 Å². The smallest absolute Gasteiger partial charge is 0.251 e. The zero-order valence-corrected chi connectivity index (χ0v) is 14.1. The van der Waals surface area contributed by atoms with Crippen molar-refractivity contribution in [2.24, 2.45) is 0 Å². The highest BCUT2D eigenvalue weighted by Crippen LogP contribution is 2.33. The van der Waals surface area contributed by atoms with Gasteiger partial charge in [-0.1, -0.05) is 24.3 Å². The Balaban J connectivity index is 1.59. The van der Waals surface area contributed by atoms with E-state index in [9.17, 15) is 13.2 Å². The van der Waals surface area contributed by atoms with E-state index in [2.05, 4.69) is 5.32 Å². The number of carbonyl (C=O) groups is 1. The molecule has 0 spiro atoms. The van der Waals surface area contributed by atoms with Crippen molar-refractivity contribution in [2.45, 2.75) is 36.6 Å². The molecular weight excluding hydrogens is 322 g/mol. The summed E-state index contributed by atoms with van der Waals surface area (Å²) >= 11 is 0. The fraction of sp³-hybridized carbons (Fsp3) is 0.316. The third-order valence-electron chi connectivity index (χ3n) is 4.93. The number of hydrogen-bond acceptors (Lipinski definition) is 3. The maximum atomic E-state index is 12.6. The van der Waals surface area contributed by atoms with Crippen LogP contribution in [0.4, 0.5) is 0 Å². The first kappa shape index (κ1) is 15.4. The predicted molar refractivity (Wildman–Crippen MR) is 91.8 cm³/mol. The summed E-state index contributed by atoms with van der Waals surface area (Å²) in [6.45, 7) is 0. The molecule has 0 unspecified atom stereocenters. The van der Waals surface area contributed by atoms with Gasteiger partial charge in [0.25, 0.3) is 5.91 Å². The van der Waals surface area contributed by atoms with E-state index in [0.29, 0.717) is 16.0 Å². The summed E-state index contributed by atoms with van der Waals surface area (Å²) in [4.78, 5) is 12.9. The van der Waals surface area contributed by atoms with Crippen LogP contribution < -0.4 is 5.32 Å². The molecule has 2 aliphatic rings. The molecule has 1 aliphatic carbocycles. The normalized spacial score (nSPS) is 20.9. The summed E-state index contributed by atoms with van der Waals surface area (Å²) < 4.78 is 24.4. The van der Waals surface area contributed by atoms with Gasteiger partial charge in [-0.15, -0.1) is 0 Å². The first-order valence-electron chi connectivity index (χ1n) is 8.29. The lowest BCUT2D eigenvalue weighted by Gasteiger charge is -2.17. The number of hydrogen-bond donors (Lipinski definition) is 1. The van der Waals surface area contributed by atoms with Crippen LogP contribution in [0, 0.1) is 0 Å². The highest BCUT2D eigenvalue weighted by Gasteiger charge is 2.35. The molecule has 0 aromatic heterocycles. The molecule has 124 valence electrons. The molecule has 24 heavy (non-hydrogen) atoms. The Morgan fingerprint density at radius 3 is 2.58 bits per heavy atom. The zero-order valence-electron chi connectivity index (χ0n) is 13.3. The number of carbonyl (C=O) groups excluding carboxylic acids is 1. The second-order valence-corrected chi connectivity index (χ2v) is 8.54. The van der Waals surface area contributed by atoms with Gasteiger partial charge in [0.1, 0.15) is 0 Å². The van der Waals surface area contributed by atoms with Crippen LogP contribution in [-0.4, -0.2) is 20.1 Å². The SMILES string of the molecule is O=C(N[C@H]1CS(=O)(=O)c2ccccc21)c1ccc2c(c1)CCCC2. The average Bonchev–Trinajstić information content (AvgIpc) is 2.85. The van der Waals surface area contributed by atoms with Gasteiger partial charge in [0, 0.05) is 5.56 Å². The molecule has 4 rings (SSSR count). The highest BCUT2D eigenvalue weighted by molar-refractivity contribution is 7.91. The van der Waals surface area contributed by atoms with Gasteiger partial charge in [-0.25, -0.2) is 8.42 Å². The molecule has 0 saturated carbocycles. The van der Waals surface area contributed by atoms with Crippen LogP contribution in [-0.2, 0) is 22.7 Å². The molecule has 0 fully saturated rings. The van der Waals surface area contributed by atoms with Crippen LogP contribution in [0.2, 0.25) is 0 Å². The van der Waals surface area contributed by atoms with E-state index in [1.165, 1.54) is 17.5 Å². The largest absolute Gasteiger partial charge is 0.344 e. The fourth-order valence-electron chi connectivity index (χ4n) is 3.69. The van der Waals surface area contributed by atoms with E-state index in [-0.39, 0.29) is 11.7 Å². The zero-order chi connectivity index (χ0) is 16.7. The van der Waals surface area contributed by atoms with Crippen LogP contribution in [0.3, 0.4) is 0 Å². The Bertz CT molecular complexity index is 918. The second kappa shape index (κ2) is 5.74. The standard InChI is InChI=1S/C19H19NO3S/c21-19(15-10-9-13-5-1-2-6-14(13)11-15)20-17-12-24(22,23)18-8-4-3-7-16(17)18/h3-4,7-11,17H,1-2,5-6,12H2,(H,20,21)/t17-/m0/s1. The summed E-state index contributed by atoms with van der Waals surface area (Å²) in [5.74, 6) is -0.275. The predicted octanol–water partition coefficient (Wildman–Crippen LogP) is 2.82. The second-order valence-electron chi connectivity index (χ2n) is 6.54. The summed E-state index contributed by atoms with van der Waals surface area (Å²) in [6, 6.07) is 12.3. The molecule has 1 N–H and O–H groups in total. The molecule has 1 atom stereocenters. The van der Waals surface area contributed by atoms with Crippen molar-refractivity contribution in [1.82, 2.24) is 5.32 Å². The Kier molecular flexibility index (Phi) is 3.68. The maximum Gasteiger partial charge on any atom is 0.251 e. The lowest BCUT2D eigenvalue weighted by atomic mass is 9.90. The number of amides is 1. The summed E-state index contributed by atoms with van der Waals surface area (Å²) in [7, 11) is -3.31. The Labute approximate surface area is 141 Å². The van der Waals surface area contributed by atoms with Crippen LogP contribution in [0.15, 0.2) is 47.4 Å². The number of fused-ring (bicyclic) bond motifs is 2. The van der Waals surface area contributed by atoms with E-state index in [0.717, 1.165) is 19.3 Å². The van der Waals surface area contributed by atoms with Gasteiger partial charge in [0.15, 0.2) is 9.84 Å². The minimum absolute atomic E-state index is 0.0664. The summed E-state index contributed by atoms with van der Waals surface area (Å²) in [6.07, 6.45) is 4.45. The lowest BCUT2D eigenvalue weighted by Crippen LogP contribution is -2.29. The Morgan fingerprint density at radius 2 is 1.75 bits per heavy atom. The molecule has 2 aromatic rings. The third-order valence-corrected chi connectivity index (χ3v) is 6.75. The van der Waals surface area contributed by atoms with Crippen molar-refractivity contribution >= 4 is 15.7 Å². The van der Waals surface area contributed by atoms with Crippen molar-refractivity contribution in [3.05, 3.63) is 64.7 Å². The van der Waals surface area contributed by atoms with Crippen LogP contribution in [0.5, 0.6) is 0 Å². The van der Waals surface area contributed by atoms with E-state index < -0.39 is 15.9 Å². The molecular formula is C19H19NO3S. The quantitative estimate of drug-likeness (QED) is 0.913. The molecule has 0 radical (unpaired) electrons. The van der Waals surface area contributed by atoms with Gasteiger partial charge in [0.2, 0.25) is 0 Å².